The van der Waals surface area contributed by atoms with E-state index in [1.807, 2.05) is 0 Å². The molecule has 0 aromatic heterocycles. The van der Waals surface area contributed by atoms with Crippen LogP contribution in [-0.4, -0.2) is 35.4 Å². The molecule has 0 saturated carbocycles. The summed E-state index contributed by atoms with van der Waals surface area (Å²) in [5, 5.41) is 24.8. The lowest BCUT2D eigenvalue weighted by Gasteiger charge is -2.10. The van der Waals surface area contributed by atoms with Gasteiger partial charge in [-0.2, -0.15) is 0 Å². The van der Waals surface area contributed by atoms with Crippen molar-refractivity contribution in [3.63, 3.8) is 0 Å². The maximum Gasteiger partial charge on any atom is 0.413 e. The van der Waals surface area contributed by atoms with Crippen LogP contribution in [0, 0.1) is 0 Å². The number of rotatable bonds is 2. The predicted octanol–water partition coefficient (Wildman–Crippen LogP) is 0.844. The second-order valence-corrected chi connectivity index (χ2v) is 3.93. The second-order valence-electron chi connectivity index (χ2n) is 3.93. The minimum atomic E-state index is -0.601. The first kappa shape index (κ1) is 13.0. The van der Waals surface area contributed by atoms with E-state index in [4.69, 9.17) is 4.74 Å². The number of guanidine groups is 1. The third kappa shape index (κ3) is 2.87. The normalized spacial score (nSPS) is 17.5. The summed E-state index contributed by atoms with van der Waals surface area (Å²) in [6.45, 7) is 2.34. The molecule has 0 saturated heterocycles. The summed E-state index contributed by atoms with van der Waals surface area (Å²) in [6, 6.07) is 4.03. The van der Waals surface area contributed by atoms with E-state index in [0.717, 1.165) is 0 Å². The maximum absolute atomic E-state index is 11.2. The Morgan fingerprint density at radius 3 is 2.84 bits per heavy atom. The minimum Gasteiger partial charge on any atom is -0.507 e. The average Bonchev–Trinajstić information content (AvgIpc) is 2.77. The smallest absolute Gasteiger partial charge is 0.413 e. The highest BCUT2D eigenvalue weighted by Crippen LogP contribution is 2.35. The van der Waals surface area contributed by atoms with Crippen molar-refractivity contribution < 1.29 is 19.7 Å². The van der Waals surface area contributed by atoms with Crippen molar-refractivity contribution in [1.82, 2.24) is 10.6 Å². The van der Waals surface area contributed by atoms with E-state index < -0.39 is 12.1 Å². The molecule has 1 aromatic carbocycles. The Kier molecular flexibility index (Phi) is 3.74. The molecule has 0 aliphatic carbocycles. The Hall–Kier alpha value is -2.44. The van der Waals surface area contributed by atoms with E-state index in [1.165, 1.54) is 18.2 Å². The fraction of sp³-hybridized carbons (Fsp3) is 0.333. The van der Waals surface area contributed by atoms with Crippen LogP contribution in [0.1, 0.15) is 18.5 Å². The molecule has 1 aromatic rings. The van der Waals surface area contributed by atoms with Crippen LogP contribution >= 0.6 is 0 Å². The van der Waals surface area contributed by atoms with Crippen LogP contribution in [-0.2, 0) is 4.74 Å². The lowest BCUT2D eigenvalue weighted by atomic mass is 10.1. The van der Waals surface area contributed by atoms with E-state index >= 15 is 0 Å². The highest BCUT2D eigenvalue weighted by atomic mass is 16.5. The second kappa shape index (κ2) is 5.47. The number of phenolic OH excluding ortho intramolecular Hbond substituents is 2. The molecule has 1 heterocycles. The van der Waals surface area contributed by atoms with E-state index in [-0.39, 0.29) is 24.1 Å². The predicted molar refractivity (Wildman–Crippen MR) is 68.1 cm³/mol. The molecule has 0 spiro atoms. The van der Waals surface area contributed by atoms with Gasteiger partial charge in [-0.05, 0) is 19.1 Å². The van der Waals surface area contributed by atoms with Crippen LogP contribution in [0.5, 0.6) is 11.5 Å². The number of benzene rings is 1. The Labute approximate surface area is 109 Å². The van der Waals surface area contributed by atoms with E-state index in [9.17, 15) is 15.0 Å². The number of hydrogen-bond donors (Lipinski definition) is 4. The zero-order chi connectivity index (χ0) is 13.8. The molecule has 0 radical (unpaired) electrons. The third-order valence-electron chi connectivity index (χ3n) is 2.64. The van der Waals surface area contributed by atoms with E-state index in [2.05, 4.69) is 15.6 Å². The molecule has 7 heteroatoms. The summed E-state index contributed by atoms with van der Waals surface area (Å²) in [4.78, 5) is 15.4. The van der Waals surface area contributed by atoms with Crippen molar-refractivity contribution in [2.45, 2.75) is 13.0 Å². The SMILES string of the molecule is CCOC(=O)NC1=NC(c2c(O)cccc2O)CN1. The Bertz CT molecular complexity index is 495. The molecular formula is C12H15N3O4. The topological polar surface area (TPSA) is 103 Å². The average molecular weight is 265 g/mol. The van der Waals surface area contributed by atoms with Crippen molar-refractivity contribution in [2.75, 3.05) is 13.2 Å². The minimum absolute atomic E-state index is 0.0343. The number of nitrogens with zero attached hydrogens (tertiary/aromatic N) is 1. The lowest BCUT2D eigenvalue weighted by Crippen LogP contribution is -2.38. The van der Waals surface area contributed by atoms with Gasteiger partial charge in [0.25, 0.3) is 0 Å². The molecule has 19 heavy (non-hydrogen) atoms. The molecule has 4 N–H and O–H groups in total. The molecule has 102 valence electrons. The van der Waals surface area contributed by atoms with Crippen molar-refractivity contribution in [3.8, 4) is 11.5 Å². The molecule has 0 bridgehead atoms. The Balaban J connectivity index is 2.12. The van der Waals surface area contributed by atoms with Crippen molar-refractivity contribution in [3.05, 3.63) is 23.8 Å². The van der Waals surface area contributed by atoms with Gasteiger partial charge in [-0.15, -0.1) is 0 Å². The van der Waals surface area contributed by atoms with Crippen LogP contribution < -0.4 is 10.6 Å². The van der Waals surface area contributed by atoms with E-state index in [0.29, 0.717) is 12.1 Å². The summed E-state index contributed by atoms with van der Waals surface area (Å²) in [5.41, 5.74) is 0.329. The van der Waals surface area contributed by atoms with Crippen molar-refractivity contribution in [2.24, 2.45) is 4.99 Å². The Morgan fingerprint density at radius 2 is 2.21 bits per heavy atom. The van der Waals surface area contributed by atoms with Gasteiger partial charge in [0, 0.05) is 6.54 Å². The van der Waals surface area contributed by atoms with Crippen LogP contribution in [0.25, 0.3) is 0 Å². The fourth-order valence-corrected chi connectivity index (χ4v) is 1.83. The van der Waals surface area contributed by atoms with Crippen molar-refractivity contribution in [1.29, 1.82) is 0 Å². The number of alkyl carbamates (subject to hydrolysis) is 1. The summed E-state index contributed by atoms with van der Waals surface area (Å²) < 4.78 is 4.72. The van der Waals surface area contributed by atoms with E-state index in [1.54, 1.807) is 6.92 Å². The first-order valence-corrected chi connectivity index (χ1v) is 5.88. The molecule has 1 unspecified atom stereocenters. The van der Waals surface area contributed by atoms with Gasteiger partial charge in [0.15, 0.2) is 0 Å². The first-order chi connectivity index (χ1) is 9.11. The van der Waals surface area contributed by atoms with Gasteiger partial charge in [0.2, 0.25) is 5.96 Å². The van der Waals surface area contributed by atoms with Crippen LogP contribution in [0.3, 0.4) is 0 Å². The number of nitrogens with one attached hydrogen (secondary N) is 2. The number of hydrogen-bond acceptors (Lipinski definition) is 6. The van der Waals surface area contributed by atoms with Gasteiger partial charge < -0.3 is 20.3 Å². The number of aromatic hydroxyl groups is 2. The number of amides is 1. The molecule has 2 rings (SSSR count). The number of carbonyl (C=O) groups is 1. The molecule has 1 aliphatic heterocycles. The number of ether oxygens (including phenoxy) is 1. The standard InChI is InChI=1S/C12H15N3O4/c1-2-19-12(18)15-11-13-6-7(14-11)10-8(16)4-3-5-9(10)17/h3-5,7,16-17H,2,6H2,1H3,(H2,13,14,15,18). The quantitative estimate of drug-likeness (QED) is 0.634. The van der Waals surface area contributed by atoms with Gasteiger partial charge in [-0.1, -0.05) is 6.07 Å². The maximum atomic E-state index is 11.2. The zero-order valence-corrected chi connectivity index (χ0v) is 10.4. The van der Waals surface area contributed by atoms with Crippen LogP contribution in [0.15, 0.2) is 23.2 Å². The molecule has 1 atom stereocenters. The molecule has 7 nitrogen and oxygen atoms in total. The van der Waals surface area contributed by atoms with Gasteiger partial charge in [-0.25, -0.2) is 9.79 Å². The highest BCUT2D eigenvalue weighted by molar-refractivity contribution is 5.95. The largest absolute Gasteiger partial charge is 0.507 e. The summed E-state index contributed by atoms with van der Waals surface area (Å²) in [6.07, 6.45) is -0.601. The highest BCUT2D eigenvalue weighted by Gasteiger charge is 2.25. The monoisotopic (exact) mass is 265 g/mol. The Morgan fingerprint density at radius 1 is 1.53 bits per heavy atom. The van der Waals surface area contributed by atoms with Crippen LogP contribution in [0.4, 0.5) is 4.79 Å². The summed E-state index contributed by atoms with van der Waals surface area (Å²) in [7, 11) is 0. The third-order valence-corrected chi connectivity index (χ3v) is 2.64. The lowest BCUT2D eigenvalue weighted by molar-refractivity contribution is 0.157. The fourth-order valence-electron chi connectivity index (χ4n) is 1.83. The number of aliphatic imine (C=N–C) groups is 1. The first-order valence-electron chi connectivity index (χ1n) is 5.88. The van der Waals surface area contributed by atoms with Gasteiger partial charge in [0.1, 0.15) is 17.5 Å². The van der Waals surface area contributed by atoms with Gasteiger partial charge in [-0.3, -0.25) is 5.32 Å². The van der Waals surface area contributed by atoms with Crippen LogP contribution in [0.2, 0.25) is 0 Å². The number of phenols is 2. The molecule has 0 fully saturated rings. The van der Waals surface area contributed by atoms with Gasteiger partial charge >= 0.3 is 6.09 Å². The summed E-state index contributed by atoms with van der Waals surface area (Å²) >= 11 is 0. The van der Waals surface area contributed by atoms with Gasteiger partial charge in [0.05, 0.1) is 12.2 Å². The zero-order valence-electron chi connectivity index (χ0n) is 10.4. The molecule has 1 amide bonds. The van der Waals surface area contributed by atoms with Crippen molar-refractivity contribution >= 4 is 12.1 Å². The molecular weight excluding hydrogens is 250 g/mol. The number of carbonyl (C=O) groups excluding carboxylic acids is 1. The summed E-state index contributed by atoms with van der Waals surface area (Å²) in [5.74, 6) is 0.187. The molecule has 1 aliphatic rings.